The van der Waals surface area contributed by atoms with Gasteiger partial charge in [0.1, 0.15) is 5.60 Å². The van der Waals surface area contributed by atoms with Gasteiger partial charge in [0.2, 0.25) is 0 Å². The highest BCUT2D eigenvalue weighted by molar-refractivity contribution is 5.81. The number of hydrogen-bond donors (Lipinski definition) is 2. The summed E-state index contributed by atoms with van der Waals surface area (Å²) in [5.41, 5.74) is 4.42. The van der Waals surface area contributed by atoms with Crippen molar-refractivity contribution in [2.45, 2.75) is 26.4 Å². The van der Waals surface area contributed by atoms with Gasteiger partial charge < -0.3 is 10.5 Å². The molecule has 0 aliphatic rings. The van der Waals surface area contributed by atoms with Crippen LogP contribution in [0.3, 0.4) is 0 Å². The lowest BCUT2D eigenvalue weighted by Gasteiger charge is -2.19. The molecule has 0 aromatic heterocycles. The van der Waals surface area contributed by atoms with Gasteiger partial charge in [0.05, 0.1) is 5.70 Å². The normalized spacial score (nSPS) is 12.1. The third-order valence-electron chi connectivity index (χ3n) is 0.952. The molecule has 0 atom stereocenters. The Hall–Kier alpha value is -1.52. The topological polar surface area (TPSA) is 81.4 Å². The Morgan fingerprint density at radius 1 is 1.46 bits per heavy atom. The molecule has 5 heteroatoms. The van der Waals surface area contributed by atoms with Gasteiger partial charge in [-0.15, -0.1) is 0 Å². The van der Waals surface area contributed by atoms with E-state index in [1.807, 2.05) is 0 Å². The summed E-state index contributed by atoms with van der Waals surface area (Å²) >= 11 is 0. The smallest absolute Gasteiger partial charge is 0.412 e. The summed E-state index contributed by atoms with van der Waals surface area (Å²) in [5, 5.41) is 2.18. The molecule has 74 valence electrons. The number of ether oxygens (including phenoxy) is 1. The van der Waals surface area contributed by atoms with Crippen molar-refractivity contribution < 1.29 is 14.3 Å². The highest BCUT2D eigenvalue weighted by Gasteiger charge is 2.16. The lowest BCUT2D eigenvalue weighted by atomic mass is 10.2. The molecule has 1 amide bonds. The van der Waals surface area contributed by atoms with Gasteiger partial charge in [0.15, 0.2) is 6.29 Å². The molecular weight excluding hydrogens is 172 g/mol. The number of allylic oxidation sites excluding steroid dienone is 1. The first-order chi connectivity index (χ1) is 5.89. The fourth-order valence-electron chi connectivity index (χ4n) is 0.532. The lowest BCUT2D eigenvalue weighted by Crippen LogP contribution is -2.32. The van der Waals surface area contributed by atoms with E-state index in [4.69, 9.17) is 10.5 Å². The van der Waals surface area contributed by atoms with Gasteiger partial charge in [-0.1, -0.05) is 0 Å². The quantitative estimate of drug-likeness (QED) is 0.486. The lowest BCUT2D eigenvalue weighted by molar-refractivity contribution is -0.105. The first kappa shape index (κ1) is 11.5. The Labute approximate surface area is 76.9 Å². The van der Waals surface area contributed by atoms with Crippen molar-refractivity contribution in [3.8, 4) is 0 Å². The van der Waals surface area contributed by atoms with Crippen LogP contribution in [0.15, 0.2) is 11.9 Å². The van der Waals surface area contributed by atoms with Crippen LogP contribution in [0.5, 0.6) is 0 Å². The van der Waals surface area contributed by atoms with E-state index >= 15 is 0 Å². The molecule has 0 aliphatic carbocycles. The minimum atomic E-state index is -0.698. The summed E-state index contributed by atoms with van der Waals surface area (Å²) in [6, 6.07) is 0. The standard InChI is InChI=1S/C8H14N2O3/c1-8(2,3)13-7(12)10-6(4-9)5-11/h4-5H,9H2,1-3H3,(H,10,12)/b6-4+. The fourth-order valence-corrected chi connectivity index (χ4v) is 0.532. The van der Waals surface area contributed by atoms with E-state index < -0.39 is 11.7 Å². The Morgan fingerprint density at radius 2 is 2.00 bits per heavy atom. The van der Waals surface area contributed by atoms with E-state index in [1.54, 1.807) is 20.8 Å². The highest BCUT2D eigenvalue weighted by atomic mass is 16.6. The predicted molar refractivity (Wildman–Crippen MR) is 47.7 cm³/mol. The third kappa shape index (κ3) is 5.72. The van der Waals surface area contributed by atoms with Crippen molar-refractivity contribution >= 4 is 12.4 Å². The summed E-state index contributed by atoms with van der Waals surface area (Å²) in [6.45, 7) is 5.16. The van der Waals surface area contributed by atoms with E-state index in [9.17, 15) is 9.59 Å². The van der Waals surface area contributed by atoms with Gasteiger partial charge >= 0.3 is 6.09 Å². The van der Waals surface area contributed by atoms with Crippen molar-refractivity contribution in [2.24, 2.45) is 5.73 Å². The second-order valence-electron chi connectivity index (χ2n) is 3.37. The van der Waals surface area contributed by atoms with Crippen molar-refractivity contribution in [3.63, 3.8) is 0 Å². The fraction of sp³-hybridized carbons (Fsp3) is 0.500. The Balaban J connectivity index is 4.09. The zero-order valence-electron chi connectivity index (χ0n) is 7.96. The van der Waals surface area contributed by atoms with Gasteiger partial charge in [0, 0.05) is 6.20 Å². The average molecular weight is 186 g/mol. The Kier molecular flexibility index (Phi) is 3.97. The van der Waals surface area contributed by atoms with Gasteiger partial charge in [-0.05, 0) is 20.8 Å². The molecule has 13 heavy (non-hydrogen) atoms. The number of nitrogens with one attached hydrogen (secondary N) is 1. The summed E-state index contributed by atoms with van der Waals surface area (Å²) < 4.78 is 4.87. The number of hydrogen-bond acceptors (Lipinski definition) is 4. The molecule has 5 nitrogen and oxygen atoms in total. The second-order valence-corrected chi connectivity index (χ2v) is 3.37. The van der Waals surface area contributed by atoms with Crippen LogP contribution in [0.25, 0.3) is 0 Å². The molecule has 0 saturated heterocycles. The molecule has 0 aromatic rings. The summed E-state index contributed by atoms with van der Waals surface area (Å²) in [6.07, 6.45) is 0.734. The van der Waals surface area contributed by atoms with Crippen molar-refractivity contribution in [3.05, 3.63) is 11.9 Å². The molecule has 0 unspecified atom stereocenters. The van der Waals surface area contributed by atoms with Crippen LogP contribution in [-0.4, -0.2) is 18.0 Å². The zero-order chi connectivity index (χ0) is 10.5. The van der Waals surface area contributed by atoms with E-state index in [-0.39, 0.29) is 5.70 Å². The van der Waals surface area contributed by atoms with Crippen LogP contribution in [0, 0.1) is 0 Å². The van der Waals surface area contributed by atoms with Crippen LogP contribution in [-0.2, 0) is 9.53 Å². The maximum atomic E-state index is 11.0. The molecule has 0 rings (SSSR count). The van der Waals surface area contributed by atoms with E-state index in [2.05, 4.69) is 5.32 Å². The minimum Gasteiger partial charge on any atom is -0.444 e. The number of amides is 1. The van der Waals surface area contributed by atoms with Crippen molar-refractivity contribution in [2.75, 3.05) is 0 Å². The Morgan fingerprint density at radius 3 is 2.31 bits per heavy atom. The monoisotopic (exact) mass is 186 g/mol. The number of nitrogens with two attached hydrogens (primary N) is 1. The zero-order valence-corrected chi connectivity index (χ0v) is 7.96. The molecule has 0 aliphatic heterocycles. The molecular formula is C8H14N2O3. The molecule has 0 heterocycles. The summed E-state index contributed by atoms with van der Waals surface area (Å²) in [7, 11) is 0. The summed E-state index contributed by atoms with van der Waals surface area (Å²) in [4.78, 5) is 21.2. The van der Waals surface area contributed by atoms with Crippen LogP contribution in [0.2, 0.25) is 0 Å². The van der Waals surface area contributed by atoms with E-state index in [0.717, 1.165) is 6.20 Å². The predicted octanol–water partition coefficient (Wildman–Crippen LogP) is 0.510. The van der Waals surface area contributed by atoms with E-state index in [1.165, 1.54) is 0 Å². The number of aldehydes is 1. The largest absolute Gasteiger partial charge is 0.444 e. The first-order valence-electron chi connectivity index (χ1n) is 3.76. The van der Waals surface area contributed by atoms with Crippen LogP contribution < -0.4 is 11.1 Å². The molecule has 0 bridgehead atoms. The maximum absolute atomic E-state index is 11.0. The maximum Gasteiger partial charge on any atom is 0.412 e. The third-order valence-corrected chi connectivity index (χ3v) is 0.952. The Bertz CT molecular complexity index is 228. The second kappa shape index (κ2) is 4.49. The SMILES string of the molecule is CC(C)(C)OC(=O)N/C(C=O)=C/N. The average Bonchev–Trinajstić information content (AvgIpc) is 1.96. The molecule has 3 N–H and O–H groups in total. The van der Waals surface area contributed by atoms with Gasteiger partial charge in [-0.3, -0.25) is 10.1 Å². The molecule has 0 spiro atoms. The van der Waals surface area contributed by atoms with Gasteiger partial charge in [-0.25, -0.2) is 4.79 Å². The number of carbonyl (C=O) groups excluding carboxylic acids is 2. The molecule has 0 fully saturated rings. The van der Waals surface area contributed by atoms with E-state index in [0.29, 0.717) is 6.29 Å². The van der Waals surface area contributed by atoms with Crippen molar-refractivity contribution in [1.29, 1.82) is 0 Å². The molecule has 0 radical (unpaired) electrons. The summed E-state index contributed by atoms with van der Waals surface area (Å²) in [5.74, 6) is 0. The highest BCUT2D eigenvalue weighted by Crippen LogP contribution is 2.06. The molecule has 0 saturated carbocycles. The number of rotatable bonds is 2. The van der Waals surface area contributed by atoms with Crippen LogP contribution >= 0.6 is 0 Å². The van der Waals surface area contributed by atoms with Gasteiger partial charge in [-0.2, -0.15) is 0 Å². The minimum absolute atomic E-state index is 0.0192. The first-order valence-corrected chi connectivity index (χ1v) is 3.76. The van der Waals surface area contributed by atoms with Crippen LogP contribution in [0.1, 0.15) is 20.8 Å². The van der Waals surface area contributed by atoms with Crippen molar-refractivity contribution in [1.82, 2.24) is 5.32 Å². The number of carbonyl (C=O) groups is 2. The molecule has 0 aromatic carbocycles. The van der Waals surface area contributed by atoms with Crippen LogP contribution in [0.4, 0.5) is 4.79 Å². The van der Waals surface area contributed by atoms with Gasteiger partial charge in [0.25, 0.3) is 0 Å². The number of alkyl carbamates (subject to hydrolysis) is 1.